The van der Waals surface area contributed by atoms with Gasteiger partial charge in [-0.1, -0.05) is 19.4 Å². The van der Waals surface area contributed by atoms with E-state index in [4.69, 9.17) is 0 Å². The molecule has 0 unspecified atom stereocenters. The average Bonchev–Trinajstić information content (AvgIpc) is 2.31. The normalized spacial score (nSPS) is 24.5. The third kappa shape index (κ3) is 3.91. The Morgan fingerprint density at radius 3 is 1.44 bits per heavy atom. The van der Waals surface area contributed by atoms with Crippen molar-refractivity contribution >= 4 is 0 Å². The summed E-state index contributed by atoms with van der Waals surface area (Å²) in [5, 5.41) is 0. The van der Waals surface area contributed by atoms with Gasteiger partial charge in [0, 0.05) is 13.1 Å². The van der Waals surface area contributed by atoms with E-state index >= 15 is 0 Å². The Labute approximate surface area is 100 Å². The summed E-state index contributed by atoms with van der Waals surface area (Å²) in [6, 6.07) is 0. The molecule has 0 N–H and O–H groups in total. The Bertz CT molecular complexity index is 191. The van der Waals surface area contributed by atoms with Gasteiger partial charge in [-0.15, -0.1) is 0 Å². The molecule has 0 saturated carbocycles. The van der Waals surface area contributed by atoms with Crippen LogP contribution in [0.3, 0.4) is 0 Å². The van der Waals surface area contributed by atoms with Crippen molar-refractivity contribution in [3.05, 3.63) is 12.2 Å². The number of nitrogens with zero attached hydrogens (tertiary/aromatic N) is 2. The lowest BCUT2D eigenvalue weighted by molar-refractivity contribution is 0.219. The highest BCUT2D eigenvalue weighted by molar-refractivity contribution is 5.01. The lowest BCUT2D eigenvalue weighted by atomic mass is 10.1. The zero-order valence-electron chi connectivity index (χ0n) is 10.6. The second-order valence-corrected chi connectivity index (χ2v) is 5.42. The van der Waals surface area contributed by atoms with Crippen molar-refractivity contribution in [2.24, 2.45) is 0 Å². The van der Waals surface area contributed by atoms with Crippen LogP contribution in [0.25, 0.3) is 0 Å². The summed E-state index contributed by atoms with van der Waals surface area (Å²) < 4.78 is 0. The SMILES string of the molecule is C=C(CN1CCCCC1)CN1CCCCC1. The van der Waals surface area contributed by atoms with Crippen LogP contribution in [0, 0.1) is 0 Å². The Morgan fingerprint density at radius 1 is 0.688 bits per heavy atom. The van der Waals surface area contributed by atoms with E-state index in [2.05, 4.69) is 16.4 Å². The minimum absolute atomic E-state index is 1.14. The van der Waals surface area contributed by atoms with Crippen molar-refractivity contribution in [1.29, 1.82) is 0 Å². The fourth-order valence-corrected chi connectivity index (χ4v) is 2.92. The fourth-order valence-electron chi connectivity index (χ4n) is 2.92. The molecule has 0 spiro atoms. The van der Waals surface area contributed by atoms with E-state index in [9.17, 15) is 0 Å². The topological polar surface area (TPSA) is 6.48 Å². The molecule has 2 heteroatoms. The maximum absolute atomic E-state index is 4.26. The molecule has 0 radical (unpaired) electrons. The van der Waals surface area contributed by atoms with Crippen LogP contribution in [0.5, 0.6) is 0 Å². The third-order valence-electron chi connectivity index (χ3n) is 3.79. The largest absolute Gasteiger partial charge is 0.299 e. The standard InChI is InChI=1S/C14H26N2/c1-14(12-15-8-4-2-5-9-15)13-16-10-6-3-7-11-16/h1-13H2. The molecule has 2 heterocycles. The molecule has 2 fully saturated rings. The quantitative estimate of drug-likeness (QED) is 0.674. The maximum atomic E-state index is 4.26. The van der Waals surface area contributed by atoms with Gasteiger partial charge in [-0.3, -0.25) is 9.80 Å². The number of piperidine rings is 2. The smallest absolute Gasteiger partial charge is 0.0202 e. The second kappa shape index (κ2) is 6.41. The molecular formula is C14H26N2. The molecule has 0 aromatic carbocycles. The summed E-state index contributed by atoms with van der Waals surface area (Å²) in [7, 11) is 0. The van der Waals surface area contributed by atoms with Crippen molar-refractivity contribution < 1.29 is 0 Å². The van der Waals surface area contributed by atoms with Gasteiger partial charge in [0.2, 0.25) is 0 Å². The maximum Gasteiger partial charge on any atom is 0.0202 e. The van der Waals surface area contributed by atoms with Crippen LogP contribution in [0.2, 0.25) is 0 Å². The minimum atomic E-state index is 1.14. The first-order chi connectivity index (χ1) is 7.84. The minimum Gasteiger partial charge on any atom is -0.299 e. The first-order valence-corrected chi connectivity index (χ1v) is 6.96. The van der Waals surface area contributed by atoms with Crippen molar-refractivity contribution in [2.45, 2.75) is 38.5 Å². The van der Waals surface area contributed by atoms with E-state index in [1.165, 1.54) is 70.3 Å². The van der Waals surface area contributed by atoms with Crippen molar-refractivity contribution in [3.8, 4) is 0 Å². The fraction of sp³-hybridized carbons (Fsp3) is 0.857. The molecule has 0 aromatic heterocycles. The molecule has 0 amide bonds. The van der Waals surface area contributed by atoms with Gasteiger partial charge >= 0.3 is 0 Å². The molecule has 92 valence electrons. The molecule has 2 saturated heterocycles. The van der Waals surface area contributed by atoms with Gasteiger partial charge in [-0.05, 0) is 57.4 Å². The lowest BCUT2D eigenvalue weighted by Crippen LogP contribution is -2.36. The predicted molar refractivity (Wildman–Crippen MR) is 69.7 cm³/mol. The molecule has 2 aliphatic rings. The Kier molecular flexibility index (Phi) is 4.86. The van der Waals surface area contributed by atoms with Gasteiger partial charge in [0.1, 0.15) is 0 Å². The first kappa shape index (κ1) is 12.1. The number of hydrogen-bond donors (Lipinski definition) is 0. The molecule has 2 rings (SSSR count). The number of rotatable bonds is 4. The van der Waals surface area contributed by atoms with Gasteiger partial charge in [0.05, 0.1) is 0 Å². The number of likely N-dealkylation sites (tertiary alicyclic amines) is 2. The molecule has 0 bridgehead atoms. The van der Waals surface area contributed by atoms with Crippen molar-refractivity contribution in [2.75, 3.05) is 39.3 Å². The molecule has 16 heavy (non-hydrogen) atoms. The molecule has 0 aliphatic carbocycles. The number of hydrogen-bond acceptors (Lipinski definition) is 2. The summed E-state index contributed by atoms with van der Waals surface area (Å²) in [4.78, 5) is 5.16. The zero-order valence-corrected chi connectivity index (χ0v) is 10.6. The van der Waals surface area contributed by atoms with Crippen LogP contribution < -0.4 is 0 Å². The van der Waals surface area contributed by atoms with Crippen LogP contribution in [0.15, 0.2) is 12.2 Å². The highest BCUT2D eigenvalue weighted by Gasteiger charge is 2.14. The van der Waals surface area contributed by atoms with E-state index in [0.717, 1.165) is 13.1 Å². The monoisotopic (exact) mass is 222 g/mol. The highest BCUT2D eigenvalue weighted by atomic mass is 15.2. The van der Waals surface area contributed by atoms with Crippen LogP contribution in [-0.2, 0) is 0 Å². The second-order valence-electron chi connectivity index (χ2n) is 5.42. The van der Waals surface area contributed by atoms with E-state index in [-0.39, 0.29) is 0 Å². The Morgan fingerprint density at radius 2 is 1.06 bits per heavy atom. The van der Waals surface area contributed by atoms with Crippen molar-refractivity contribution in [3.63, 3.8) is 0 Å². The van der Waals surface area contributed by atoms with E-state index in [1.807, 2.05) is 0 Å². The highest BCUT2D eigenvalue weighted by Crippen LogP contribution is 2.13. The lowest BCUT2D eigenvalue weighted by Gasteiger charge is -2.31. The average molecular weight is 222 g/mol. The Hall–Kier alpha value is -0.340. The predicted octanol–water partition coefficient (Wildman–Crippen LogP) is 2.51. The summed E-state index contributed by atoms with van der Waals surface area (Å²) in [6.45, 7) is 11.7. The summed E-state index contributed by atoms with van der Waals surface area (Å²) >= 11 is 0. The van der Waals surface area contributed by atoms with Gasteiger partial charge in [0.25, 0.3) is 0 Å². The molecule has 2 aliphatic heterocycles. The van der Waals surface area contributed by atoms with Crippen LogP contribution >= 0.6 is 0 Å². The summed E-state index contributed by atoms with van der Waals surface area (Å²) in [5.41, 5.74) is 1.42. The van der Waals surface area contributed by atoms with Gasteiger partial charge in [-0.2, -0.15) is 0 Å². The molecule has 0 atom stereocenters. The Balaban J connectivity index is 1.66. The van der Waals surface area contributed by atoms with E-state index < -0.39 is 0 Å². The molecule has 2 nitrogen and oxygen atoms in total. The first-order valence-electron chi connectivity index (χ1n) is 6.96. The van der Waals surface area contributed by atoms with E-state index in [1.54, 1.807) is 0 Å². The summed E-state index contributed by atoms with van der Waals surface area (Å²) in [6.07, 6.45) is 8.40. The van der Waals surface area contributed by atoms with Crippen molar-refractivity contribution in [1.82, 2.24) is 9.80 Å². The van der Waals surface area contributed by atoms with E-state index in [0.29, 0.717) is 0 Å². The summed E-state index contributed by atoms with van der Waals surface area (Å²) in [5.74, 6) is 0. The molecule has 0 aromatic rings. The molecular weight excluding hydrogens is 196 g/mol. The van der Waals surface area contributed by atoms with Crippen LogP contribution in [0.4, 0.5) is 0 Å². The van der Waals surface area contributed by atoms with Gasteiger partial charge < -0.3 is 0 Å². The van der Waals surface area contributed by atoms with Gasteiger partial charge in [0.15, 0.2) is 0 Å². The van der Waals surface area contributed by atoms with Crippen LogP contribution in [0.1, 0.15) is 38.5 Å². The third-order valence-corrected chi connectivity index (χ3v) is 3.79. The van der Waals surface area contributed by atoms with Crippen LogP contribution in [-0.4, -0.2) is 49.1 Å². The van der Waals surface area contributed by atoms with Gasteiger partial charge in [-0.25, -0.2) is 0 Å². The zero-order chi connectivity index (χ0) is 11.2.